The number of hydrogen-bond acceptors (Lipinski definition) is 3. The minimum absolute atomic E-state index is 0. The van der Waals surface area contributed by atoms with Gasteiger partial charge in [-0.1, -0.05) is 13.0 Å². The Labute approximate surface area is 134 Å². The van der Waals surface area contributed by atoms with Gasteiger partial charge in [0.2, 0.25) is 5.91 Å². The summed E-state index contributed by atoms with van der Waals surface area (Å²) in [6.45, 7) is 2.45. The summed E-state index contributed by atoms with van der Waals surface area (Å²) in [5.41, 5.74) is 5.87. The lowest BCUT2D eigenvalue weighted by molar-refractivity contribution is -0.131. The highest BCUT2D eigenvalue weighted by Gasteiger charge is 2.29. The molecule has 1 fully saturated rings. The highest BCUT2D eigenvalue weighted by Crippen LogP contribution is 2.21. The van der Waals surface area contributed by atoms with Gasteiger partial charge in [-0.15, -0.1) is 12.4 Å². The van der Waals surface area contributed by atoms with E-state index in [1.165, 1.54) is 12.1 Å². The molecule has 1 heterocycles. The summed E-state index contributed by atoms with van der Waals surface area (Å²) < 4.78 is 32.0. The number of ether oxygens (including phenoxy) is 1. The number of nitrogens with one attached hydrogen (secondary N) is 1. The van der Waals surface area contributed by atoms with E-state index in [9.17, 15) is 13.6 Å². The predicted octanol–water partition coefficient (Wildman–Crippen LogP) is 2.11. The standard InChI is InChI=1S/C15H20F2N2O2.ClH/c1-9(12-4-2-10(16)6-13(12)17)8-19-15(20)14-5-3-11(7-18)21-14;/h2,4,6,9,11,14H,3,5,7-8,18H2,1H3,(H,19,20);1H/t9?,11-,14+;/m1./s1. The number of hydrogen-bond donors (Lipinski definition) is 2. The highest BCUT2D eigenvalue weighted by molar-refractivity contribution is 5.85. The first-order chi connectivity index (χ1) is 10.0. The molecule has 0 spiro atoms. The normalized spacial score (nSPS) is 22.0. The molecule has 124 valence electrons. The first kappa shape index (κ1) is 18.8. The fourth-order valence-corrected chi connectivity index (χ4v) is 2.45. The van der Waals surface area contributed by atoms with Gasteiger partial charge in [-0.25, -0.2) is 8.78 Å². The summed E-state index contributed by atoms with van der Waals surface area (Å²) >= 11 is 0. The van der Waals surface area contributed by atoms with Gasteiger partial charge in [-0.3, -0.25) is 4.79 Å². The zero-order valence-corrected chi connectivity index (χ0v) is 13.2. The topological polar surface area (TPSA) is 64.4 Å². The molecule has 1 unspecified atom stereocenters. The van der Waals surface area contributed by atoms with Crippen LogP contribution in [0.5, 0.6) is 0 Å². The van der Waals surface area contributed by atoms with Crippen LogP contribution in [0.2, 0.25) is 0 Å². The molecule has 0 radical (unpaired) electrons. The fraction of sp³-hybridized carbons (Fsp3) is 0.533. The zero-order chi connectivity index (χ0) is 15.4. The van der Waals surface area contributed by atoms with Gasteiger partial charge in [0.05, 0.1) is 6.10 Å². The predicted molar refractivity (Wildman–Crippen MR) is 82.0 cm³/mol. The molecule has 3 atom stereocenters. The summed E-state index contributed by atoms with van der Waals surface area (Å²) in [6.07, 6.45) is 0.875. The monoisotopic (exact) mass is 334 g/mol. The largest absolute Gasteiger partial charge is 0.364 e. The van der Waals surface area contributed by atoms with Gasteiger partial charge in [0.25, 0.3) is 0 Å². The molecule has 7 heteroatoms. The lowest BCUT2D eigenvalue weighted by Crippen LogP contribution is -2.37. The van der Waals surface area contributed by atoms with Crippen molar-refractivity contribution in [2.24, 2.45) is 5.73 Å². The van der Waals surface area contributed by atoms with Crippen LogP contribution in [0.4, 0.5) is 8.78 Å². The Morgan fingerprint density at radius 1 is 1.45 bits per heavy atom. The molecule has 0 aliphatic carbocycles. The molecule has 4 nitrogen and oxygen atoms in total. The summed E-state index contributed by atoms with van der Waals surface area (Å²) in [6, 6.07) is 3.46. The van der Waals surface area contributed by atoms with Crippen LogP contribution in [0.3, 0.4) is 0 Å². The Hall–Kier alpha value is -1.24. The number of nitrogens with two attached hydrogens (primary N) is 1. The zero-order valence-electron chi connectivity index (χ0n) is 12.4. The molecule has 0 bridgehead atoms. The summed E-state index contributed by atoms with van der Waals surface area (Å²) in [7, 11) is 0. The number of carbonyl (C=O) groups excluding carboxylic acids is 1. The maximum Gasteiger partial charge on any atom is 0.249 e. The van der Waals surface area contributed by atoms with Crippen molar-refractivity contribution in [3.63, 3.8) is 0 Å². The van der Waals surface area contributed by atoms with Crippen molar-refractivity contribution >= 4 is 18.3 Å². The van der Waals surface area contributed by atoms with Gasteiger partial charge >= 0.3 is 0 Å². The van der Waals surface area contributed by atoms with Crippen LogP contribution < -0.4 is 11.1 Å². The van der Waals surface area contributed by atoms with Crippen LogP contribution >= 0.6 is 12.4 Å². The number of rotatable bonds is 5. The number of halogens is 3. The third-order valence-corrected chi connectivity index (χ3v) is 3.74. The van der Waals surface area contributed by atoms with E-state index in [2.05, 4.69) is 5.32 Å². The molecular formula is C15H21ClF2N2O2. The molecule has 2 rings (SSSR count). The van der Waals surface area contributed by atoms with Crippen LogP contribution in [-0.4, -0.2) is 31.2 Å². The highest BCUT2D eigenvalue weighted by atomic mass is 35.5. The summed E-state index contributed by atoms with van der Waals surface area (Å²) in [5, 5.41) is 2.74. The molecule has 0 aromatic heterocycles. The van der Waals surface area contributed by atoms with Crippen LogP contribution in [0.15, 0.2) is 18.2 Å². The van der Waals surface area contributed by atoms with E-state index in [4.69, 9.17) is 10.5 Å². The van der Waals surface area contributed by atoms with Crippen LogP contribution in [0, 0.1) is 11.6 Å². The van der Waals surface area contributed by atoms with Gasteiger partial charge < -0.3 is 15.8 Å². The maximum absolute atomic E-state index is 13.6. The quantitative estimate of drug-likeness (QED) is 0.867. The van der Waals surface area contributed by atoms with Gasteiger partial charge in [0.1, 0.15) is 17.7 Å². The van der Waals surface area contributed by atoms with Crippen molar-refractivity contribution in [1.29, 1.82) is 0 Å². The van der Waals surface area contributed by atoms with Crippen LogP contribution in [-0.2, 0) is 9.53 Å². The van der Waals surface area contributed by atoms with Crippen molar-refractivity contribution in [2.75, 3.05) is 13.1 Å². The second-order valence-corrected chi connectivity index (χ2v) is 5.37. The van der Waals surface area contributed by atoms with E-state index < -0.39 is 17.7 Å². The van der Waals surface area contributed by atoms with Gasteiger partial charge in [0, 0.05) is 25.1 Å². The molecule has 1 aromatic carbocycles. The Morgan fingerprint density at radius 2 is 2.18 bits per heavy atom. The van der Waals surface area contributed by atoms with Crippen LogP contribution in [0.25, 0.3) is 0 Å². The Bertz CT molecular complexity index is 516. The summed E-state index contributed by atoms with van der Waals surface area (Å²) in [4.78, 5) is 12.0. The molecule has 1 aliphatic heterocycles. The average molecular weight is 335 g/mol. The minimum Gasteiger partial charge on any atom is -0.364 e. The smallest absolute Gasteiger partial charge is 0.249 e. The van der Waals surface area contributed by atoms with E-state index >= 15 is 0 Å². The first-order valence-corrected chi connectivity index (χ1v) is 7.09. The van der Waals surface area contributed by atoms with E-state index in [-0.39, 0.29) is 36.9 Å². The van der Waals surface area contributed by atoms with Gasteiger partial charge in [0.15, 0.2) is 0 Å². The molecule has 1 aliphatic rings. The van der Waals surface area contributed by atoms with Gasteiger partial charge in [-0.2, -0.15) is 0 Å². The minimum atomic E-state index is -0.611. The lowest BCUT2D eigenvalue weighted by atomic mass is 10.0. The molecule has 1 saturated heterocycles. The Morgan fingerprint density at radius 3 is 2.77 bits per heavy atom. The van der Waals surface area contributed by atoms with Gasteiger partial charge in [-0.05, 0) is 24.5 Å². The lowest BCUT2D eigenvalue weighted by Gasteiger charge is -2.16. The second kappa shape index (κ2) is 8.41. The molecule has 1 amide bonds. The number of benzene rings is 1. The van der Waals surface area contributed by atoms with Crippen molar-refractivity contribution in [3.05, 3.63) is 35.4 Å². The van der Waals surface area contributed by atoms with Crippen molar-refractivity contribution in [3.8, 4) is 0 Å². The van der Waals surface area contributed by atoms with E-state index in [0.717, 1.165) is 12.5 Å². The van der Waals surface area contributed by atoms with Crippen molar-refractivity contribution in [1.82, 2.24) is 5.32 Å². The van der Waals surface area contributed by atoms with Crippen LogP contribution in [0.1, 0.15) is 31.2 Å². The molecular weight excluding hydrogens is 314 g/mol. The Balaban J connectivity index is 0.00000242. The summed E-state index contributed by atoms with van der Waals surface area (Å²) in [5.74, 6) is -1.67. The average Bonchev–Trinajstić information content (AvgIpc) is 2.93. The number of carbonyl (C=O) groups is 1. The fourth-order valence-electron chi connectivity index (χ4n) is 2.45. The van der Waals surface area contributed by atoms with Crippen molar-refractivity contribution < 1.29 is 18.3 Å². The van der Waals surface area contributed by atoms with E-state index in [1.54, 1.807) is 6.92 Å². The number of amides is 1. The second-order valence-electron chi connectivity index (χ2n) is 5.37. The SMILES string of the molecule is CC(CNC(=O)[C@@H]1CC[C@H](CN)O1)c1ccc(F)cc1F.Cl. The van der Waals surface area contributed by atoms with E-state index in [1.807, 2.05) is 0 Å². The maximum atomic E-state index is 13.6. The molecule has 0 saturated carbocycles. The Kier molecular flexibility index (Phi) is 7.19. The third-order valence-electron chi connectivity index (χ3n) is 3.74. The third kappa shape index (κ3) is 4.63. The van der Waals surface area contributed by atoms with E-state index in [0.29, 0.717) is 18.5 Å². The molecule has 1 aromatic rings. The molecule has 22 heavy (non-hydrogen) atoms. The van der Waals surface area contributed by atoms with Crippen molar-refractivity contribution in [2.45, 2.75) is 37.9 Å². The first-order valence-electron chi connectivity index (χ1n) is 7.09. The molecule has 3 N–H and O–H groups in total.